The summed E-state index contributed by atoms with van der Waals surface area (Å²) in [7, 11) is 0. The number of anilines is 1. The molecule has 0 aromatic heterocycles. The van der Waals surface area contributed by atoms with Crippen molar-refractivity contribution in [3.05, 3.63) is 29.8 Å². The van der Waals surface area contributed by atoms with Crippen LogP contribution in [-0.2, 0) is 6.54 Å². The predicted molar refractivity (Wildman–Crippen MR) is 89.3 cm³/mol. The molecule has 108 valence electrons. The average molecular weight is 280 g/mol. The van der Waals surface area contributed by atoms with E-state index >= 15 is 0 Å². The van der Waals surface area contributed by atoms with Crippen LogP contribution in [0.1, 0.15) is 32.3 Å². The first kappa shape index (κ1) is 16.4. The molecule has 1 aromatic rings. The van der Waals surface area contributed by atoms with Gasteiger partial charge in [0.15, 0.2) is 0 Å². The molecule has 0 aliphatic heterocycles. The normalized spacial score (nSPS) is 10.7. The number of unbranched alkanes of at least 4 members (excludes halogenated alkanes) is 1. The highest BCUT2D eigenvalue weighted by molar-refractivity contribution is 7.98. The summed E-state index contributed by atoms with van der Waals surface area (Å²) in [4.78, 5) is 2.37. The maximum atomic E-state index is 3.51. The van der Waals surface area contributed by atoms with Crippen molar-refractivity contribution in [3.8, 4) is 0 Å². The fourth-order valence-electron chi connectivity index (χ4n) is 2.14. The molecule has 1 rings (SSSR count). The molecule has 0 heterocycles. The van der Waals surface area contributed by atoms with E-state index in [0.717, 1.165) is 26.2 Å². The largest absolute Gasteiger partial charge is 0.372 e. The van der Waals surface area contributed by atoms with E-state index in [1.807, 2.05) is 11.8 Å². The molecule has 1 aromatic carbocycles. The Bertz CT molecular complexity index is 320. The summed E-state index contributed by atoms with van der Waals surface area (Å²) in [5.74, 6) is 1.28. The molecule has 0 bridgehead atoms. The second-order valence-electron chi connectivity index (χ2n) is 4.72. The van der Waals surface area contributed by atoms with Gasteiger partial charge in [-0.2, -0.15) is 11.8 Å². The van der Waals surface area contributed by atoms with Crippen LogP contribution in [0.3, 0.4) is 0 Å². The number of nitrogens with zero attached hydrogens (tertiary/aromatic N) is 1. The second-order valence-corrected chi connectivity index (χ2v) is 5.70. The lowest BCUT2D eigenvalue weighted by Gasteiger charge is -2.21. The van der Waals surface area contributed by atoms with E-state index in [1.54, 1.807) is 0 Å². The zero-order valence-corrected chi connectivity index (χ0v) is 13.4. The molecule has 0 aliphatic carbocycles. The third kappa shape index (κ3) is 6.35. The van der Waals surface area contributed by atoms with E-state index in [-0.39, 0.29) is 0 Å². The molecule has 0 radical (unpaired) electrons. The van der Waals surface area contributed by atoms with Gasteiger partial charge in [-0.3, -0.25) is 0 Å². The number of nitrogens with one attached hydrogen (secondary N) is 1. The monoisotopic (exact) mass is 280 g/mol. The Morgan fingerprint density at radius 2 is 1.74 bits per heavy atom. The molecule has 19 heavy (non-hydrogen) atoms. The highest BCUT2D eigenvalue weighted by atomic mass is 32.2. The van der Waals surface area contributed by atoms with Gasteiger partial charge in [0.05, 0.1) is 0 Å². The van der Waals surface area contributed by atoms with Gasteiger partial charge in [0.2, 0.25) is 0 Å². The van der Waals surface area contributed by atoms with E-state index in [9.17, 15) is 0 Å². The minimum atomic E-state index is 0.984. The lowest BCUT2D eigenvalue weighted by Crippen LogP contribution is -2.21. The smallest absolute Gasteiger partial charge is 0.0366 e. The van der Waals surface area contributed by atoms with Gasteiger partial charge in [0.25, 0.3) is 0 Å². The summed E-state index contributed by atoms with van der Waals surface area (Å²) in [5.41, 5.74) is 2.70. The standard InChI is InChI=1S/C16H28N2S/c1-4-18(5-2)16-10-8-15(9-11-16)14-17-12-6-7-13-19-3/h8-11,17H,4-7,12-14H2,1-3H3. The van der Waals surface area contributed by atoms with Gasteiger partial charge in [0.1, 0.15) is 0 Å². The molecule has 0 saturated carbocycles. The number of benzene rings is 1. The predicted octanol–water partition coefficient (Wildman–Crippen LogP) is 3.77. The molecule has 1 N–H and O–H groups in total. The lowest BCUT2D eigenvalue weighted by molar-refractivity contribution is 0.644. The van der Waals surface area contributed by atoms with Gasteiger partial charge in [-0.1, -0.05) is 12.1 Å². The third-order valence-corrected chi connectivity index (χ3v) is 4.04. The zero-order valence-electron chi connectivity index (χ0n) is 12.6. The van der Waals surface area contributed by atoms with Crippen LogP contribution in [0.15, 0.2) is 24.3 Å². The Balaban J connectivity index is 2.28. The Hall–Kier alpha value is -0.670. The van der Waals surface area contributed by atoms with E-state index in [0.29, 0.717) is 0 Å². The molecular weight excluding hydrogens is 252 g/mol. The van der Waals surface area contributed by atoms with Crippen molar-refractivity contribution in [2.75, 3.05) is 36.5 Å². The molecule has 0 fully saturated rings. The van der Waals surface area contributed by atoms with Crippen molar-refractivity contribution in [3.63, 3.8) is 0 Å². The maximum absolute atomic E-state index is 3.51. The second kappa shape index (κ2) is 10.2. The van der Waals surface area contributed by atoms with E-state index in [1.165, 1.54) is 29.8 Å². The van der Waals surface area contributed by atoms with Gasteiger partial charge in [0, 0.05) is 25.3 Å². The van der Waals surface area contributed by atoms with Crippen molar-refractivity contribution in [2.45, 2.75) is 33.2 Å². The number of thioether (sulfide) groups is 1. The molecule has 0 aliphatic rings. The fraction of sp³-hybridized carbons (Fsp3) is 0.625. The summed E-state index contributed by atoms with van der Waals surface area (Å²) < 4.78 is 0. The fourth-order valence-corrected chi connectivity index (χ4v) is 2.64. The molecular formula is C16H28N2S. The summed E-state index contributed by atoms with van der Waals surface area (Å²) in [6, 6.07) is 8.95. The Morgan fingerprint density at radius 1 is 1.05 bits per heavy atom. The molecule has 3 heteroatoms. The van der Waals surface area contributed by atoms with Crippen LogP contribution in [0.5, 0.6) is 0 Å². The number of rotatable bonds is 10. The van der Waals surface area contributed by atoms with Gasteiger partial charge in [-0.15, -0.1) is 0 Å². The van der Waals surface area contributed by atoms with Crippen LogP contribution in [0.2, 0.25) is 0 Å². The first-order valence-electron chi connectivity index (χ1n) is 7.35. The van der Waals surface area contributed by atoms with Crippen molar-refractivity contribution in [1.82, 2.24) is 5.32 Å². The summed E-state index contributed by atoms with van der Waals surface area (Å²) in [5, 5.41) is 3.51. The molecule has 0 saturated heterocycles. The van der Waals surface area contributed by atoms with Gasteiger partial charge in [-0.05, 0) is 62.9 Å². The minimum Gasteiger partial charge on any atom is -0.372 e. The number of hydrogen-bond acceptors (Lipinski definition) is 3. The van der Waals surface area contributed by atoms with Crippen LogP contribution >= 0.6 is 11.8 Å². The van der Waals surface area contributed by atoms with Gasteiger partial charge < -0.3 is 10.2 Å². The van der Waals surface area contributed by atoms with Crippen LogP contribution in [-0.4, -0.2) is 31.6 Å². The molecule has 0 amide bonds. The lowest BCUT2D eigenvalue weighted by atomic mass is 10.2. The maximum Gasteiger partial charge on any atom is 0.0366 e. The SMILES string of the molecule is CCN(CC)c1ccc(CNCCCCSC)cc1. The van der Waals surface area contributed by atoms with E-state index in [2.05, 4.69) is 54.6 Å². The Kier molecular flexibility index (Phi) is 8.76. The highest BCUT2D eigenvalue weighted by Crippen LogP contribution is 2.14. The van der Waals surface area contributed by atoms with E-state index < -0.39 is 0 Å². The molecule has 0 unspecified atom stereocenters. The quantitative estimate of drug-likeness (QED) is 0.657. The Morgan fingerprint density at radius 3 is 2.32 bits per heavy atom. The van der Waals surface area contributed by atoms with Gasteiger partial charge >= 0.3 is 0 Å². The van der Waals surface area contributed by atoms with Crippen LogP contribution < -0.4 is 10.2 Å². The first-order chi connectivity index (χ1) is 9.31. The molecule has 0 atom stereocenters. The topological polar surface area (TPSA) is 15.3 Å². The molecule has 2 nitrogen and oxygen atoms in total. The summed E-state index contributed by atoms with van der Waals surface area (Å²) in [6.45, 7) is 8.66. The summed E-state index contributed by atoms with van der Waals surface area (Å²) >= 11 is 1.93. The van der Waals surface area contributed by atoms with Crippen molar-refractivity contribution >= 4 is 17.4 Å². The van der Waals surface area contributed by atoms with E-state index in [4.69, 9.17) is 0 Å². The van der Waals surface area contributed by atoms with Crippen molar-refractivity contribution in [2.24, 2.45) is 0 Å². The zero-order chi connectivity index (χ0) is 13.9. The number of hydrogen-bond donors (Lipinski definition) is 1. The minimum absolute atomic E-state index is 0.984. The van der Waals surface area contributed by atoms with Crippen LogP contribution in [0.25, 0.3) is 0 Å². The Labute approximate surface area is 123 Å². The summed E-state index contributed by atoms with van der Waals surface area (Å²) in [6.07, 6.45) is 4.76. The van der Waals surface area contributed by atoms with Crippen molar-refractivity contribution in [1.29, 1.82) is 0 Å². The first-order valence-corrected chi connectivity index (χ1v) is 8.74. The van der Waals surface area contributed by atoms with Gasteiger partial charge in [-0.25, -0.2) is 0 Å². The van der Waals surface area contributed by atoms with Crippen LogP contribution in [0.4, 0.5) is 5.69 Å². The average Bonchev–Trinajstić information content (AvgIpc) is 2.45. The van der Waals surface area contributed by atoms with Crippen molar-refractivity contribution < 1.29 is 0 Å². The molecule has 0 spiro atoms. The van der Waals surface area contributed by atoms with Crippen LogP contribution in [0, 0.1) is 0 Å². The third-order valence-electron chi connectivity index (χ3n) is 3.35. The highest BCUT2D eigenvalue weighted by Gasteiger charge is 2.01.